The van der Waals surface area contributed by atoms with Crippen molar-refractivity contribution in [2.75, 3.05) is 0 Å². The topological polar surface area (TPSA) is 64.6 Å². The van der Waals surface area contributed by atoms with Crippen LogP contribution in [0.1, 0.15) is 44.4 Å². The maximum Gasteiger partial charge on any atom is 0.323 e. The van der Waals surface area contributed by atoms with E-state index < -0.39 is 29.6 Å². The van der Waals surface area contributed by atoms with E-state index in [0.29, 0.717) is 6.42 Å². The van der Waals surface area contributed by atoms with E-state index in [9.17, 15) is 9.59 Å². The van der Waals surface area contributed by atoms with Crippen LogP contribution >= 0.6 is 0 Å². The number of aryl methyl sites for hydroxylation is 1. The Morgan fingerprint density at radius 1 is 0.829 bits per heavy atom. The number of esters is 2. The first-order valence-electron chi connectivity index (χ1n) is 12.0. The minimum atomic E-state index is -0.703. The van der Waals surface area contributed by atoms with Crippen LogP contribution in [0.2, 0.25) is 0 Å². The van der Waals surface area contributed by atoms with Gasteiger partial charge in [0.15, 0.2) is 0 Å². The molecule has 0 fully saturated rings. The maximum absolute atomic E-state index is 13.1. The van der Waals surface area contributed by atoms with Gasteiger partial charge < -0.3 is 9.47 Å². The lowest BCUT2D eigenvalue weighted by Gasteiger charge is -2.25. The van der Waals surface area contributed by atoms with Crippen molar-refractivity contribution in [3.8, 4) is 11.1 Å². The molecule has 3 aromatic carbocycles. The number of hydrogen-bond donors (Lipinski definition) is 1. The summed E-state index contributed by atoms with van der Waals surface area (Å²) in [6.45, 7) is 9.40. The summed E-state index contributed by atoms with van der Waals surface area (Å²) in [4.78, 5) is 25.6. The lowest BCUT2D eigenvalue weighted by molar-refractivity contribution is -0.158. The van der Waals surface area contributed by atoms with E-state index in [-0.39, 0.29) is 6.61 Å². The molecule has 0 amide bonds. The zero-order valence-electron chi connectivity index (χ0n) is 21.2. The fourth-order valence-electron chi connectivity index (χ4n) is 3.69. The first-order chi connectivity index (χ1) is 16.6. The highest BCUT2D eigenvalue weighted by atomic mass is 16.6. The molecule has 0 heterocycles. The van der Waals surface area contributed by atoms with Crippen LogP contribution < -0.4 is 5.32 Å². The van der Waals surface area contributed by atoms with Crippen LogP contribution in [0.3, 0.4) is 0 Å². The fraction of sp³-hybridized carbons (Fsp3) is 0.333. The molecule has 0 saturated carbocycles. The molecule has 1 N–H and O–H groups in total. The minimum Gasteiger partial charge on any atom is -0.460 e. The number of nitrogens with one attached hydrogen (secondary N) is 1. The number of carbonyl (C=O) groups is 2. The van der Waals surface area contributed by atoms with E-state index >= 15 is 0 Å². The van der Waals surface area contributed by atoms with Gasteiger partial charge in [0.25, 0.3) is 0 Å². The van der Waals surface area contributed by atoms with E-state index in [4.69, 9.17) is 9.47 Å². The third-order valence-corrected chi connectivity index (χ3v) is 5.47. The Hall–Kier alpha value is -3.44. The van der Waals surface area contributed by atoms with E-state index in [0.717, 1.165) is 22.3 Å². The first-order valence-corrected chi connectivity index (χ1v) is 12.0. The van der Waals surface area contributed by atoms with Crippen LogP contribution in [0.15, 0.2) is 78.9 Å². The highest BCUT2D eigenvalue weighted by molar-refractivity contribution is 5.80. The molecule has 5 heteroatoms. The van der Waals surface area contributed by atoms with Gasteiger partial charge >= 0.3 is 11.9 Å². The third-order valence-electron chi connectivity index (χ3n) is 5.47. The standard InChI is InChI=1S/C30H35NO4/c1-21-10-9-13-26(18-21)25-16-14-23(15-17-25)19-27(31-22(2)28(32)35-30(3,4)5)29(33)34-20-24-11-7-6-8-12-24/h6-18,22,27,31H,19-20H2,1-5H3/t22-,27-/m0/s1. The molecule has 0 spiro atoms. The Bertz CT molecular complexity index is 1120. The van der Waals surface area contributed by atoms with E-state index in [1.807, 2.05) is 81.4 Å². The molecule has 184 valence electrons. The SMILES string of the molecule is Cc1cccc(-c2ccc(C[C@H](N[C@@H](C)C(=O)OC(C)(C)C)C(=O)OCc3ccccc3)cc2)c1. The molecule has 0 radical (unpaired) electrons. The van der Waals surface area contributed by atoms with Crippen molar-refractivity contribution in [1.29, 1.82) is 0 Å². The molecular weight excluding hydrogens is 438 g/mol. The largest absolute Gasteiger partial charge is 0.460 e. The highest BCUT2D eigenvalue weighted by Gasteiger charge is 2.28. The Balaban J connectivity index is 1.73. The molecule has 2 atom stereocenters. The summed E-state index contributed by atoms with van der Waals surface area (Å²) in [5, 5.41) is 3.13. The normalized spacial score (nSPS) is 13.1. The molecule has 3 aromatic rings. The van der Waals surface area contributed by atoms with Gasteiger partial charge in [0, 0.05) is 0 Å². The van der Waals surface area contributed by atoms with E-state index in [2.05, 4.69) is 30.4 Å². The van der Waals surface area contributed by atoms with Gasteiger partial charge in [0.05, 0.1) is 0 Å². The maximum atomic E-state index is 13.1. The van der Waals surface area contributed by atoms with Crippen molar-refractivity contribution in [2.45, 2.75) is 65.3 Å². The highest BCUT2D eigenvalue weighted by Crippen LogP contribution is 2.21. The average Bonchev–Trinajstić information content (AvgIpc) is 2.82. The monoisotopic (exact) mass is 473 g/mol. The van der Waals surface area contributed by atoms with Crippen molar-refractivity contribution in [2.24, 2.45) is 0 Å². The van der Waals surface area contributed by atoms with Crippen molar-refractivity contribution in [3.05, 3.63) is 95.6 Å². The van der Waals surface area contributed by atoms with Crippen molar-refractivity contribution >= 4 is 11.9 Å². The second-order valence-corrected chi connectivity index (χ2v) is 9.84. The predicted octanol–water partition coefficient (Wildman–Crippen LogP) is 5.64. The Kier molecular flexibility index (Phi) is 8.83. The molecule has 0 aliphatic heterocycles. The molecule has 0 aromatic heterocycles. The number of hydrogen-bond acceptors (Lipinski definition) is 5. The Morgan fingerprint density at radius 3 is 2.14 bits per heavy atom. The van der Waals surface area contributed by atoms with Crippen LogP contribution in [-0.4, -0.2) is 29.6 Å². The van der Waals surface area contributed by atoms with Gasteiger partial charge in [-0.3, -0.25) is 14.9 Å². The smallest absolute Gasteiger partial charge is 0.323 e. The van der Waals surface area contributed by atoms with Crippen LogP contribution in [0.5, 0.6) is 0 Å². The molecule has 5 nitrogen and oxygen atoms in total. The van der Waals surface area contributed by atoms with Crippen LogP contribution in [0.25, 0.3) is 11.1 Å². The van der Waals surface area contributed by atoms with Gasteiger partial charge in [0.2, 0.25) is 0 Å². The number of benzene rings is 3. The van der Waals surface area contributed by atoms with Crippen LogP contribution in [0, 0.1) is 6.92 Å². The van der Waals surface area contributed by atoms with Crippen LogP contribution in [-0.2, 0) is 32.1 Å². The van der Waals surface area contributed by atoms with E-state index in [1.165, 1.54) is 5.56 Å². The van der Waals surface area contributed by atoms with Crippen molar-refractivity contribution in [3.63, 3.8) is 0 Å². The Morgan fingerprint density at radius 2 is 1.51 bits per heavy atom. The summed E-state index contributed by atoms with van der Waals surface area (Å²) < 4.78 is 11.1. The summed E-state index contributed by atoms with van der Waals surface area (Å²) in [6, 6.07) is 24.6. The lowest BCUT2D eigenvalue weighted by atomic mass is 9.99. The quantitative estimate of drug-likeness (QED) is 0.408. The zero-order chi connectivity index (χ0) is 25.4. The van der Waals surface area contributed by atoms with Gasteiger partial charge in [-0.25, -0.2) is 0 Å². The predicted molar refractivity (Wildman–Crippen MR) is 139 cm³/mol. The molecule has 0 aliphatic carbocycles. The van der Waals surface area contributed by atoms with Gasteiger partial charge in [-0.15, -0.1) is 0 Å². The zero-order valence-corrected chi connectivity index (χ0v) is 21.2. The molecule has 3 rings (SSSR count). The van der Waals surface area contributed by atoms with Crippen LogP contribution in [0.4, 0.5) is 0 Å². The Labute approximate surface area is 208 Å². The second-order valence-electron chi connectivity index (χ2n) is 9.84. The number of ether oxygens (including phenoxy) is 2. The summed E-state index contributed by atoms with van der Waals surface area (Å²) in [6.07, 6.45) is 0.384. The van der Waals surface area contributed by atoms with Crippen molar-refractivity contribution < 1.29 is 19.1 Å². The second kappa shape index (κ2) is 11.8. The molecule has 0 bridgehead atoms. The minimum absolute atomic E-state index is 0.172. The molecule has 35 heavy (non-hydrogen) atoms. The molecular formula is C30H35NO4. The lowest BCUT2D eigenvalue weighted by Crippen LogP contribution is -2.49. The average molecular weight is 474 g/mol. The number of carbonyl (C=O) groups excluding carboxylic acids is 2. The summed E-state index contributed by atoms with van der Waals surface area (Å²) >= 11 is 0. The van der Waals surface area contributed by atoms with Gasteiger partial charge in [-0.2, -0.15) is 0 Å². The summed E-state index contributed by atoms with van der Waals surface area (Å²) in [5.74, 6) is -0.819. The molecule has 0 aliphatic rings. The molecule has 0 unspecified atom stereocenters. The fourth-order valence-corrected chi connectivity index (χ4v) is 3.69. The first kappa shape index (κ1) is 26.2. The van der Waals surface area contributed by atoms with Gasteiger partial charge in [-0.1, -0.05) is 84.4 Å². The van der Waals surface area contributed by atoms with Gasteiger partial charge in [-0.05, 0) is 63.3 Å². The van der Waals surface area contributed by atoms with Crippen molar-refractivity contribution in [1.82, 2.24) is 5.32 Å². The number of rotatable bonds is 9. The molecule has 0 saturated heterocycles. The summed E-state index contributed by atoms with van der Waals surface area (Å²) in [5.41, 5.74) is 4.72. The van der Waals surface area contributed by atoms with E-state index in [1.54, 1.807) is 6.92 Å². The van der Waals surface area contributed by atoms with Gasteiger partial charge in [0.1, 0.15) is 24.3 Å². The summed E-state index contributed by atoms with van der Waals surface area (Å²) in [7, 11) is 0. The third kappa shape index (κ3) is 8.37.